The van der Waals surface area contributed by atoms with Crippen LogP contribution in [0.15, 0.2) is 29.2 Å². The molecule has 0 saturated carbocycles. The second kappa shape index (κ2) is 7.95. The number of piperidine rings is 1. The van der Waals surface area contributed by atoms with E-state index in [0.717, 1.165) is 19.5 Å². The fourth-order valence-corrected chi connectivity index (χ4v) is 9.40. The minimum Gasteiger partial charge on any atom is -0.491 e. The van der Waals surface area contributed by atoms with Crippen molar-refractivity contribution in [3.8, 4) is 5.75 Å². The van der Waals surface area contributed by atoms with Gasteiger partial charge in [0, 0.05) is 19.1 Å². The van der Waals surface area contributed by atoms with Gasteiger partial charge in [-0.15, -0.1) is 0 Å². The van der Waals surface area contributed by atoms with Gasteiger partial charge in [-0.2, -0.15) is 0 Å². The number of hydrogen-bond acceptors (Lipinski definition) is 6. The molecule has 0 amide bonds. The molecule has 28 heavy (non-hydrogen) atoms. The van der Waals surface area contributed by atoms with E-state index in [1.54, 1.807) is 12.1 Å². The molecule has 0 radical (unpaired) electrons. The van der Waals surface area contributed by atoms with Gasteiger partial charge in [0.25, 0.3) is 0 Å². The highest BCUT2D eigenvalue weighted by molar-refractivity contribution is 7.96. The smallest absolute Gasteiger partial charge is 0.183 e. The monoisotopic (exact) mass is 429 g/mol. The fraction of sp³-hybridized carbons (Fsp3) is 0.700. The zero-order valence-corrected chi connectivity index (χ0v) is 18.7. The van der Waals surface area contributed by atoms with E-state index >= 15 is 0 Å². The summed E-state index contributed by atoms with van der Waals surface area (Å²) in [5, 5.41) is -0.924. The van der Waals surface area contributed by atoms with Gasteiger partial charge in [-0.1, -0.05) is 13.8 Å². The second-order valence-electron chi connectivity index (χ2n) is 8.77. The maximum atomic E-state index is 13.3. The van der Waals surface area contributed by atoms with Crippen molar-refractivity contribution in [2.24, 2.45) is 11.8 Å². The van der Waals surface area contributed by atoms with Crippen molar-refractivity contribution in [2.75, 3.05) is 24.6 Å². The standard InChI is InChI=1S/C20H31NO5S2/c1-14(2)26-17-5-7-18(8-6-17)28(24,25)20-13-27(22,23)12-19(20)21-10-15(3)9-16(4)11-21/h5-8,14-16,19-20H,9-13H2,1-4H3/t15-,16+,19-,20-/m0/s1. The molecule has 1 aromatic rings. The largest absolute Gasteiger partial charge is 0.491 e. The number of ether oxygens (including phenoxy) is 1. The van der Waals surface area contributed by atoms with E-state index in [9.17, 15) is 16.8 Å². The quantitative estimate of drug-likeness (QED) is 0.715. The van der Waals surface area contributed by atoms with Gasteiger partial charge in [0.05, 0.1) is 27.8 Å². The minimum atomic E-state index is -3.76. The molecule has 158 valence electrons. The van der Waals surface area contributed by atoms with Crippen molar-refractivity contribution in [1.82, 2.24) is 4.90 Å². The average Bonchev–Trinajstić information content (AvgIpc) is 2.90. The zero-order valence-electron chi connectivity index (χ0n) is 17.0. The van der Waals surface area contributed by atoms with Crippen molar-refractivity contribution in [2.45, 2.75) is 56.4 Å². The molecule has 0 spiro atoms. The third-order valence-corrected chi connectivity index (χ3v) is 9.70. The molecule has 0 aromatic heterocycles. The number of sulfone groups is 2. The first-order valence-corrected chi connectivity index (χ1v) is 13.3. The number of benzene rings is 1. The van der Waals surface area contributed by atoms with E-state index in [2.05, 4.69) is 18.7 Å². The van der Waals surface area contributed by atoms with Crippen LogP contribution in [0.1, 0.15) is 34.1 Å². The molecule has 2 fully saturated rings. The van der Waals surface area contributed by atoms with Gasteiger partial charge in [0.1, 0.15) is 5.75 Å². The van der Waals surface area contributed by atoms with Crippen LogP contribution in [0.25, 0.3) is 0 Å². The maximum absolute atomic E-state index is 13.3. The van der Waals surface area contributed by atoms with Crippen LogP contribution in [0, 0.1) is 11.8 Å². The molecule has 0 unspecified atom stereocenters. The summed E-state index contributed by atoms with van der Waals surface area (Å²) in [6.45, 7) is 9.58. The molecular formula is C20H31NO5S2. The van der Waals surface area contributed by atoms with Gasteiger partial charge in [0.15, 0.2) is 19.7 Å². The Morgan fingerprint density at radius 1 is 1.04 bits per heavy atom. The highest BCUT2D eigenvalue weighted by atomic mass is 32.2. The molecule has 0 aliphatic carbocycles. The topological polar surface area (TPSA) is 80.8 Å². The molecule has 0 N–H and O–H groups in total. The zero-order chi connectivity index (χ0) is 20.7. The summed E-state index contributed by atoms with van der Waals surface area (Å²) in [4.78, 5) is 2.26. The Morgan fingerprint density at radius 2 is 1.61 bits per heavy atom. The number of nitrogens with zero attached hydrogens (tertiary/aromatic N) is 1. The number of hydrogen-bond donors (Lipinski definition) is 0. The third kappa shape index (κ3) is 4.71. The summed E-state index contributed by atoms with van der Waals surface area (Å²) in [5.74, 6) is 1.09. The Labute approximate surface area is 169 Å². The van der Waals surface area contributed by atoms with Gasteiger partial charge >= 0.3 is 0 Å². The van der Waals surface area contributed by atoms with E-state index in [-0.39, 0.29) is 22.5 Å². The summed E-state index contributed by atoms with van der Waals surface area (Å²) >= 11 is 0. The van der Waals surface area contributed by atoms with Crippen molar-refractivity contribution in [1.29, 1.82) is 0 Å². The second-order valence-corrected chi connectivity index (χ2v) is 13.1. The summed E-state index contributed by atoms with van der Waals surface area (Å²) in [7, 11) is -7.15. The summed E-state index contributed by atoms with van der Waals surface area (Å²) in [5.41, 5.74) is 0. The minimum absolute atomic E-state index is 0.00473. The molecule has 2 heterocycles. The van der Waals surface area contributed by atoms with Crippen LogP contribution in [0.3, 0.4) is 0 Å². The molecule has 2 aliphatic heterocycles. The third-order valence-electron chi connectivity index (χ3n) is 5.56. The van der Waals surface area contributed by atoms with Gasteiger partial charge in [-0.05, 0) is 56.4 Å². The lowest BCUT2D eigenvalue weighted by molar-refractivity contribution is 0.107. The van der Waals surface area contributed by atoms with Crippen LogP contribution in [0.4, 0.5) is 0 Å². The van der Waals surface area contributed by atoms with Crippen LogP contribution in [-0.2, 0) is 19.7 Å². The van der Waals surface area contributed by atoms with Crippen LogP contribution in [-0.4, -0.2) is 63.7 Å². The van der Waals surface area contributed by atoms with Crippen LogP contribution in [0.5, 0.6) is 5.75 Å². The van der Waals surface area contributed by atoms with Crippen molar-refractivity contribution in [3.63, 3.8) is 0 Å². The summed E-state index contributed by atoms with van der Waals surface area (Å²) < 4.78 is 57.1. The first-order chi connectivity index (χ1) is 13.0. The summed E-state index contributed by atoms with van der Waals surface area (Å²) in [6.07, 6.45) is 1.08. The normalized spacial score (nSPS) is 31.2. The average molecular weight is 430 g/mol. The Balaban J connectivity index is 1.89. The fourth-order valence-electron chi connectivity index (χ4n) is 4.57. The molecular weight excluding hydrogens is 398 g/mol. The van der Waals surface area contributed by atoms with Crippen LogP contribution in [0.2, 0.25) is 0 Å². The number of likely N-dealkylation sites (tertiary alicyclic amines) is 1. The van der Waals surface area contributed by atoms with E-state index in [0.29, 0.717) is 17.6 Å². The van der Waals surface area contributed by atoms with Crippen molar-refractivity contribution >= 4 is 19.7 Å². The molecule has 8 heteroatoms. The molecule has 3 rings (SSSR count). The Morgan fingerprint density at radius 3 is 2.14 bits per heavy atom. The molecule has 2 saturated heterocycles. The first-order valence-electron chi connectivity index (χ1n) is 9.93. The van der Waals surface area contributed by atoms with E-state index in [4.69, 9.17) is 4.74 Å². The SMILES string of the molecule is CC(C)Oc1ccc(S(=O)(=O)[C@H]2CS(=O)(=O)C[C@@H]2N2C[C@H](C)C[C@H](C)C2)cc1. The summed E-state index contributed by atoms with van der Waals surface area (Å²) in [6, 6.07) is 5.84. The lowest BCUT2D eigenvalue weighted by atomic mass is 9.91. The predicted molar refractivity (Wildman–Crippen MR) is 110 cm³/mol. The van der Waals surface area contributed by atoms with Crippen LogP contribution < -0.4 is 4.74 Å². The molecule has 2 aliphatic rings. The first kappa shape index (κ1) is 21.6. The molecule has 1 aromatic carbocycles. The molecule has 6 nitrogen and oxygen atoms in total. The lowest BCUT2D eigenvalue weighted by Gasteiger charge is -2.40. The Bertz CT molecular complexity index is 883. The van der Waals surface area contributed by atoms with Crippen LogP contribution >= 0.6 is 0 Å². The van der Waals surface area contributed by atoms with E-state index < -0.39 is 31.0 Å². The van der Waals surface area contributed by atoms with Crippen molar-refractivity contribution < 1.29 is 21.6 Å². The Hall–Kier alpha value is -1.12. The predicted octanol–water partition coefficient (Wildman–Crippen LogP) is 2.39. The highest BCUT2D eigenvalue weighted by Crippen LogP contribution is 2.33. The lowest BCUT2D eigenvalue weighted by Crippen LogP contribution is -2.51. The molecule has 4 atom stereocenters. The van der Waals surface area contributed by atoms with E-state index in [1.165, 1.54) is 12.1 Å². The molecule has 0 bridgehead atoms. The number of rotatable bonds is 5. The maximum Gasteiger partial charge on any atom is 0.183 e. The highest BCUT2D eigenvalue weighted by Gasteiger charge is 2.49. The Kier molecular flexibility index (Phi) is 6.13. The van der Waals surface area contributed by atoms with Gasteiger partial charge in [-0.3, -0.25) is 4.90 Å². The van der Waals surface area contributed by atoms with Gasteiger partial charge in [-0.25, -0.2) is 16.8 Å². The van der Waals surface area contributed by atoms with Gasteiger partial charge < -0.3 is 4.74 Å². The van der Waals surface area contributed by atoms with Crippen molar-refractivity contribution in [3.05, 3.63) is 24.3 Å². The van der Waals surface area contributed by atoms with Gasteiger partial charge in [0.2, 0.25) is 0 Å². The van der Waals surface area contributed by atoms with E-state index in [1.807, 2.05) is 13.8 Å².